The van der Waals surface area contributed by atoms with E-state index in [1.54, 1.807) is 4.72 Å². The molecule has 0 radical (unpaired) electrons. The van der Waals surface area contributed by atoms with Crippen LogP contribution in [0.3, 0.4) is 0 Å². The van der Waals surface area contributed by atoms with Gasteiger partial charge in [-0.1, -0.05) is 12.1 Å². The molecule has 0 atom stereocenters. The largest absolute Gasteiger partial charge is 1.00 e. The molecular formula is C7H6AgNO5S. The first kappa shape index (κ1) is 14.1. The van der Waals surface area contributed by atoms with E-state index in [4.69, 9.17) is 4.55 Å². The first-order chi connectivity index (χ1) is 6.38. The summed E-state index contributed by atoms with van der Waals surface area (Å²) in [5.74, 6) is -1.36. The second-order valence-corrected chi connectivity index (χ2v) is 3.60. The van der Waals surface area contributed by atoms with Crippen molar-refractivity contribution in [3.63, 3.8) is 0 Å². The summed E-state index contributed by atoms with van der Waals surface area (Å²) < 4.78 is 30.8. The third-order valence-corrected chi connectivity index (χ3v) is 1.86. The van der Waals surface area contributed by atoms with Gasteiger partial charge in [0.2, 0.25) is 0 Å². The molecule has 0 aromatic heterocycles. The maximum atomic E-state index is 10.3. The molecule has 86 valence electrons. The number of aromatic carboxylic acids is 1. The molecule has 1 aromatic rings. The summed E-state index contributed by atoms with van der Waals surface area (Å²) in [5, 5.41) is 10.3. The standard InChI is InChI=1S/C7H7NO5S.Ag/c9-7(10)5-1-3-6(4-2-5)8-14(11,12)13;/h1-4,8H,(H,9,10)(H,11,12,13);/q;+1/p-1. The number of rotatable bonds is 3. The van der Waals surface area contributed by atoms with Gasteiger partial charge in [-0.05, 0) is 17.7 Å². The summed E-state index contributed by atoms with van der Waals surface area (Å²) >= 11 is 0. The Morgan fingerprint density at radius 3 is 2.07 bits per heavy atom. The number of carboxylic acids is 1. The molecular weight excluding hydrogens is 318 g/mol. The van der Waals surface area contributed by atoms with Crippen LogP contribution < -0.4 is 9.83 Å². The van der Waals surface area contributed by atoms with Crippen LogP contribution in [0.2, 0.25) is 0 Å². The van der Waals surface area contributed by atoms with Crippen LogP contribution in [0, 0.1) is 0 Å². The summed E-state index contributed by atoms with van der Waals surface area (Å²) in [6.45, 7) is 0. The van der Waals surface area contributed by atoms with E-state index in [1.165, 1.54) is 12.1 Å². The van der Waals surface area contributed by atoms with Crippen molar-refractivity contribution in [2.45, 2.75) is 0 Å². The monoisotopic (exact) mass is 323 g/mol. The number of benzene rings is 1. The minimum absolute atomic E-state index is 0. The van der Waals surface area contributed by atoms with Crippen LogP contribution in [-0.4, -0.2) is 18.9 Å². The first-order valence-electron chi connectivity index (χ1n) is 3.45. The van der Waals surface area contributed by atoms with Gasteiger partial charge in [-0.25, -0.2) is 0 Å². The Morgan fingerprint density at radius 2 is 1.73 bits per heavy atom. The molecule has 6 nitrogen and oxygen atoms in total. The molecule has 0 aliphatic rings. The second-order valence-electron chi connectivity index (χ2n) is 2.44. The molecule has 0 saturated carbocycles. The molecule has 1 rings (SSSR count). The topological polar surface area (TPSA) is 107 Å². The van der Waals surface area contributed by atoms with Crippen molar-refractivity contribution in [2.24, 2.45) is 0 Å². The molecule has 0 aliphatic carbocycles. The van der Waals surface area contributed by atoms with Crippen molar-refractivity contribution in [1.82, 2.24) is 0 Å². The average molecular weight is 324 g/mol. The van der Waals surface area contributed by atoms with Crippen LogP contribution in [0.5, 0.6) is 0 Å². The fourth-order valence-electron chi connectivity index (χ4n) is 0.823. The zero-order chi connectivity index (χ0) is 10.8. The molecule has 0 amide bonds. The van der Waals surface area contributed by atoms with Crippen LogP contribution >= 0.6 is 0 Å². The van der Waals surface area contributed by atoms with Gasteiger partial charge in [0.1, 0.15) is 0 Å². The van der Waals surface area contributed by atoms with Crippen molar-refractivity contribution in [3.05, 3.63) is 29.8 Å². The van der Waals surface area contributed by atoms with Gasteiger partial charge in [0.25, 0.3) is 0 Å². The molecule has 1 aromatic carbocycles. The molecule has 0 spiro atoms. The number of hydrogen-bond acceptors (Lipinski definition) is 4. The number of carbonyl (C=O) groups is 1. The zero-order valence-electron chi connectivity index (χ0n) is 7.10. The molecule has 0 saturated heterocycles. The zero-order valence-corrected chi connectivity index (χ0v) is 9.40. The Hall–Kier alpha value is -0.860. The Labute approximate surface area is 102 Å². The van der Waals surface area contributed by atoms with Crippen LogP contribution in [-0.2, 0) is 32.7 Å². The predicted octanol–water partition coefficient (Wildman–Crippen LogP) is -0.738. The van der Waals surface area contributed by atoms with Gasteiger partial charge in [-0.2, -0.15) is 8.42 Å². The number of carbonyl (C=O) groups excluding carboxylic acids is 1. The van der Waals surface area contributed by atoms with E-state index in [0.717, 1.165) is 12.1 Å². The number of carboxylic acid groups (broad SMARTS) is 1. The molecule has 0 fully saturated rings. The van der Waals surface area contributed by atoms with Crippen LogP contribution in [0.15, 0.2) is 24.3 Å². The summed E-state index contributed by atoms with van der Waals surface area (Å²) in [6, 6.07) is 4.70. The first-order valence-corrected chi connectivity index (χ1v) is 4.89. The Kier molecular flexibility index (Phi) is 4.98. The average Bonchev–Trinajstić information content (AvgIpc) is 2.02. The quantitative estimate of drug-likeness (QED) is 0.563. The van der Waals surface area contributed by atoms with Gasteiger partial charge in [-0.3, -0.25) is 9.27 Å². The Balaban J connectivity index is 0.00000196. The van der Waals surface area contributed by atoms with E-state index in [2.05, 4.69) is 0 Å². The predicted molar refractivity (Wildman–Crippen MR) is 45.9 cm³/mol. The van der Waals surface area contributed by atoms with Crippen LogP contribution in [0.25, 0.3) is 0 Å². The van der Waals surface area contributed by atoms with Gasteiger partial charge >= 0.3 is 32.7 Å². The van der Waals surface area contributed by atoms with Gasteiger partial charge in [0.05, 0.1) is 11.7 Å². The van der Waals surface area contributed by atoms with Crippen molar-refractivity contribution in [2.75, 3.05) is 4.72 Å². The molecule has 0 bridgehead atoms. The van der Waals surface area contributed by atoms with Gasteiger partial charge in [0, 0.05) is 0 Å². The van der Waals surface area contributed by atoms with Gasteiger partial charge < -0.3 is 9.90 Å². The minimum Gasteiger partial charge on any atom is -0.545 e. The summed E-state index contributed by atoms with van der Waals surface area (Å²) in [7, 11) is -4.32. The molecule has 0 heterocycles. The minimum atomic E-state index is -4.32. The Bertz CT molecular complexity index is 441. The number of nitrogens with one attached hydrogen (secondary N) is 1. The number of hydrogen-bond donors (Lipinski definition) is 2. The van der Waals surface area contributed by atoms with Crippen molar-refractivity contribution >= 4 is 22.0 Å². The van der Waals surface area contributed by atoms with Crippen molar-refractivity contribution in [1.29, 1.82) is 0 Å². The second kappa shape index (κ2) is 5.29. The van der Waals surface area contributed by atoms with E-state index in [9.17, 15) is 18.3 Å². The molecule has 0 unspecified atom stereocenters. The molecule has 15 heavy (non-hydrogen) atoms. The van der Waals surface area contributed by atoms with Crippen molar-refractivity contribution in [3.8, 4) is 0 Å². The van der Waals surface area contributed by atoms with Gasteiger partial charge in [-0.15, -0.1) is 0 Å². The van der Waals surface area contributed by atoms with E-state index in [1.807, 2.05) is 0 Å². The van der Waals surface area contributed by atoms with E-state index < -0.39 is 16.3 Å². The molecule has 0 aliphatic heterocycles. The van der Waals surface area contributed by atoms with E-state index in [-0.39, 0.29) is 33.6 Å². The summed E-state index contributed by atoms with van der Waals surface area (Å²) in [6.07, 6.45) is 0. The third-order valence-electron chi connectivity index (χ3n) is 1.37. The smallest absolute Gasteiger partial charge is 0.545 e. The summed E-state index contributed by atoms with van der Waals surface area (Å²) in [5.41, 5.74) is -0.0108. The SMILES string of the molecule is O=C([O-])c1ccc(NS(=O)(=O)O)cc1.[Ag+]. The number of anilines is 1. The van der Waals surface area contributed by atoms with Crippen LogP contribution in [0.1, 0.15) is 10.4 Å². The Morgan fingerprint density at radius 1 is 1.27 bits per heavy atom. The van der Waals surface area contributed by atoms with Crippen molar-refractivity contribution < 1.29 is 45.3 Å². The summed E-state index contributed by atoms with van der Waals surface area (Å²) in [4.78, 5) is 10.3. The van der Waals surface area contributed by atoms with E-state index >= 15 is 0 Å². The third kappa shape index (κ3) is 4.96. The van der Waals surface area contributed by atoms with E-state index in [0.29, 0.717) is 0 Å². The maximum Gasteiger partial charge on any atom is 1.00 e. The maximum absolute atomic E-state index is 10.3. The van der Waals surface area contributed by atoms with Crippen LogP contribution in [0.4, 0.5) is 5.69 Å². The molecule has 8 heteroatoms. The fraction of sp³-hybridized carbons (Fsp3) is 0. The molecule has 2 N–H and O–H groups in total. The fourth-order valence-corrected chi connectivity index (χ4v) is 1.26. The van der Waals surface area contributed by atoms with Gasteiger partial charge in [0.15, 0.2) is 0 Å². The normalized spacial score (nSPS) is 10.2.